The van der Waals surface area contributed by atoms with E-state index in [-0.39, 0.29) is 12.0 Å². The molecule has 2 rings (SSSR count). The number of anilines is 1. The lowest BCUT2D eigenvalue weighted by molar-refractivity contribution is 0.0956. The normalized spacial score (nSPS) is 11.3. The maximum Gasteiger partial charge on any atom is 0.251 e. The Balaban J connectivity index is 1.90. The van der Waals surface area contributed by atoms with Crippen molar-refractivity contribution in [2.75, 3.05) is 11.9 Å². The van der Waals surface area contributed by atoms with Crippen molar-refractivity contribution in [3.05, 3.63) is 59.7 Å². The van der Waals surface area contributed by atoms with Crippen LogP contribution in [0.3, 0.4) is 0 Å². The first-order valence-electron chi connectivity index (χ1n) is 8.68. The molecule has 6 nitrogen and oxygen atoms in total. The minimum absolute atomic E-state index is 0.0753. The molecule has 0 aliphatic rings. The minimum Gasteiger partial charge on any atom is -0.491 e. The number of hydrogen-bond donors (Lipinski definition) is 3. The average molecular weight is 354 g/mol. The monoisotopic (exact) mass is 354 g/mol. The molecule has 2 aromatic carbocycles. The Hall–Kier alpha value is -3.02. The van der Waals surface area contributed by atoms with Gasteiger partial charge in [0.15, 0.2) is 5.96 Å². The molecule has 26 heavy (non-hydrogen) atoms. The van der Waals surface area contributed by atoms with Gasteiger partial charge in [-0.25, -0.2) is 4.99 Å². The highest BCUT2D eigenvalue weighted by Crippen LogP contribution is 2.16. The third kappa shape index (κ3) is 6.12. The molecule has 0 aliphatic carbocycles. The number of hydrogen-bond acceptors (Lipinski definition) is 3. The van der Waals surface area contributed by atoms with Gasteiger partial charge in [0.1, 0.15) is 5.75 Å². The molecule has 0 heterocycles. The van der Waals surface area contributed by atoms with Gasteiger partial charge in [-0.05, 0) is 62.7 Å². The number of aliphatic imine (C=N–C) groups is 1. The molecule has 1 amide bonds. The van der Waals surface area contributed by atoms with Crippen LogP contribution < -0.4 is 21.1 Å². The van der Waals surface area contributed by atoms with Crippen LogP contribution in [-0.2, 0) is 6.54 Å². The van der Waals surface area contributed by atoms with Crippen molar-refractivity contribution in [2.24, 2.45) is 10.7 Å². The molecule has 0 unspecified atom stereocenters. The number of nitrogens with two attached hydrogens (primary N) is 1. The van der Waals surface area contributed by atoms with Crippen LogP contribution >= 0.6 is 0 Å². The highest BCUT2D eigenvalue weighted by molar-refractivity contribution is 5.94. The summed E-state index contributed by atoms with van der Waals surface area (Å²) in [6, 6.07) is 14.9. The van der Waals surface area contributed by atoms with Gasteiger partial charge in [0.25, 0.3) is 5.91 Å². The molecule has 4 N–H and O–H groups in total. The highest BCUT2D eigenvalue weighted by atomic mass is 16.5. The number of benzene rings is 2. The number of carbonyl (C=O) groups is 1. The lowest BCUT2D eigenvalue weighted by Gasteiger charge is -2.11. The van der Waals surface area contributed by atoms with Crippen molar-refractivity contribution in [3.63, 3.8) is 0 Å². The van der Waals surface area contributed by atoms with Gasteiger partial charge in [0, 0.05) is 17.8 Å². The molecule has 0 aliphatic heterocycles. The summed E-state index contributed by atoms with van der Waals surface area (Å²) < 4.78 is 5.60. The van der Waals surface area contributed by atoms with E-state index in [9.17, 15) is 4.79 Å². The van der Waals surface area contributed by atoms with Crippen molar-refractivity contribution >= 4 is 17.6 Å². The second kappa shape index (κ2) is 9.46. The fourth-order valence-electron chi connectivity index (χ4n) is 2.28. The van der Waals surface area contributed by atoms with Crippen molar-refractivity contribution in [1.29, 1.82) is 0 Å². The van der Waals surface area contributed by atoms with Gasteiger partial charge in [-0.2, -0.15) is 0 Å². The third-order valence-electron chi connectivity index (χ3n) is 3.48. The summed E-state index contributed by atoms with van der Waals surface area (Å²) in [4.78, 5) is 16.1. The molecule has 0 saturated heterocycles. The van der Waals surface area contributed by atoms with Crippen molar-refractivity contribution in [1.82, 2.24) is 5.32 Å². The van der Waals surface area contributed by atoms with Gasteiger partial charge >= 0.3 is 0 Å². The van der Waals surface area contributed by atoms with Crippen molar-refractivity contribution in [3.8, 4) is 5.75 Å². The van der Waals surface area contributed by atoms with Crippen molar-refractivity contribution in [2.45, 2.75) is 33.4 Å². The van der Waals surface area contributed by atoms with Crippen LogP contribution in [0.25, 0.3) is 0 Å². The molecule has 0 bridgehead atoms. The SMILES string of the molecule is CCNC(=O)c1ccc(CN=C(N)Nc2ccc(OC(C)C)cc2)cc1. The highest BCUT2D eigenvalue weighted by Gasteiger charge is 2.03. The predicted molar refractivity (Wildman–Crippen MR) is 106 cm³/mol. The molecule has 0 aromatic heterocycles. The number of guanidine groups is 1. The Kier molecular flexibility index (Phi) is 7.02. The van der Waals surface area contributed by atoms with Crippen LogP contribution in [0.1, 0.15) is 36.7 Å². The summed E-state index contributed by atoms with van der Waals surface area (Å²) in [6.45, 7) is 6.90. The van der Waals surface area contributed by atoms with E-state index in [4.69, 9.17) is 10.5 Å². The molecular formula is C20H26N4O2. The largest absolute Gasteiger partial charge is 0.491 e. The Morgan fingerprint density at radius 3 is 2.35 bits per heavy atom. The minimum atomic E-state index is -0.0753. The van der Waals surface area contributed by atoms with Crippen LogP contribution in [0.5, 0.6) is 5.75 Å². The van der Waals surface area contributed by atoms with E-state index >= 15 is 0 Å². The fourth-order valence-corrected chi connectivity index (χ4v) is 2.28. The smallest absolute Gasteiger partial charge is 0.251 e. The van der Waals surface area contributed by atoms with Gasteiger partial charge in [0.05, 0.1) is 12.6 Å². The zero-order valence-corrected chi connectivity index (χ0v) is 15.5. The number of rotatable bonds is 7. The van der Waals surface area contributed by atoms with E-state index in [2.05, 4.69) is 15.6 Å². The number of amides is 1. The lowest BCUT2D eigenvalue weighted by atomic mass is 10.1. The third-order valence-corrected chi connectivity index (χ3v) is 3.48. The summed E-state index contributed by atoms with van der Waals surface area (Å²) in [5, 5.41) is 5.81. The molecule has 6 heteroatoms. The second-order valence-corrected chi connectivity index (χ2v) is 6.07. The molecule has 2 aromatic rings. The lowest BCUT2D eigenvalue weighted by Crippen LogP contribution is -2.23. The second-order valence-electron chi connectivity index (χ2n) is 6.07. The van der Waals surface area contributed by atoms with Gasteiger partial charge in [0.2, 0.25) is 0 Å². The quantitative estimate of drug-likeness (QED) is 0.526. The van der Waals surface area contributed by atoms with E-state index in [1.807, 2.05) is 57.2 Å². The number of nitrogens with zero attached hydrogens (tertiary/aromatic N) is 1. The Labute approximate surface area is 154 Å². The summed E-state index contributed by atoms with van der Waals surface area (Å²) >= 11 is 0. The standard InChI is InChI=1S/C20H26N4O2/c1-4-22-19(25)16-7-5-15(6-8-16)13-23-20(21)24-17-9-11-18(12-10-17)26-14(2)3/h5-12,14H,4,13H2,1-3H3,(H,22,25)(H3,21,23,24). The Morgan fingerprint density at radius 2 is 1.77 bits per heavy atom. The van der Waals surface area contributed by atoms with Crippen LogP contribution in [0.2, 0.25) is 0 Å². The summed E-state index contributed by atoms with van der Waals surface area (Å²) in [6.07, 6.45) is 0.139. The first kappa shape index (κ1) is 19.3. The number of carbonyl (C=O) groups excluding carboxylic acids is 1. The topological polar surface area (TPSA) is 88.7 Å². The van der Waals surface area contributed by atoms with Crippen LogP contribution in [0, 0.1) is 0 Å². The predicted octanol–water partition coefficient (Wildman–Crippen LogP) is 3.15. The van der Waals surface area contributed by atoms with E-state index < -0.39 is 0 Å². The number of ether oxygens (including phenoxy) is 1. The average Bonchev–Trinajstić information content (AvgIpc) is 2.62. The van der Waals surface area contributed by atoms with Gasteiger partial charge in [-0.1, -0.05) is 12.1 Å². The van der Waals surface area contributed by atoms with E-state index in [0.717, 1.165) is 17.0 Å². The van der Waals surface area contributed by atoms with Gasteiger partial charge in [-0.3, -0.25) is 4.79 Å². The first-order valence-corrected chi connectivity index (χ1v) is 8.68. The molecule has 0 saturated carbocycles. The van der Waals surface area contributed by atoms with Crippen LogP contribution in [0.4, 0.5) is 5.69 Å². The summed E-state index contributed by atoms with van der Waals surface area (Å²) in [7, 11) is 0. The maximum absolute atomic E-state index is 11.7. The van der Waals surface area contributed by atoms with E-state index in [0.29, 0.717) is 24.6 Å². The molecule has 0 atom stereocenters. The molecular weight excluding hydrogens is 328 g/mol. The zero-order chi connectivity index (χ0) is 18.9. The molecule has 0 fully saturated rings. The van der Waals surface area contributed by atoms with E-state index in [1.165, 1.54) is 0 Å². The van der Waals surface area contributed by atoms with Gasteiger partial charge in [-0.15, -0.1) is 0 Å². The molecule has 0 spiro atoms. The number of nitrogens with one attached hydrogen (secondary N) is 2. The van der Waals surface area contributed by atoms with Crippen LogP contribution in [-0.4, -0.2) is 24.5 Å². The summed E-state index contributed by atoms with van der Waals surface area (Å²) in [5.74, 6) is 1.07. The van der Waals surface area contributed by atoms with Crippen molar-refractivity contribution < 1.29 is 9.53 Å². The zero-order valence-electron chi connectivity index (χ0n) is 15.5. The van der Waals surface area contributed by atoms with Crippen LogP contribution in [0.15, 0.2) is 53.5 Å². The summed E-state index contributed by atoms with van der Waals surface area (Å²) in [5.41, 5.74) is 8.38. The molecule has 138 valence electrons. The molecule has 0 radical (unpaired) electrons. The Morgan fingerprint density at radius 1 is 1.12 bits per heavy atom. The van der Waals surface area contributed by atoms with E-state index in [1.54, 1.807) is 12.1 Å². The fraction of sp³-hybridized carbons (Fsp3) is 0.300. The Bertz CT molecular complexity index is 737. The maximum atomic E-state index is 11.7. The van der Waals surface area contributed by atoms with Gasteiger partial charge < -0.3 is 21.1 Å². The first-order chi connectivity index (χ1) is 12.5.